The lowest BCUT2D eigenvalue weighted by Crippen LogP contribution is -2.21. The Morgan fingerprint density at radius 1 is 1.05 bits per heavy atom. The normalized spacial score (nSPS) is 14.2. The molecule has 7 nitrogen and oxygen atoms in total. The lowest BCUT2D eigenvalue weighted by Gasteiger charge is -2.27. The van der Waals surface area contributed by atoms with Gasteiger partial charge in [-0.15, -0.1) is 0 Å². The van der Waals surface area contributed by atoms with Gasteiger partial charge in [0, 0.05) is 37.6 Å². The first-order valence-corrected chi connectivity index (χ1v) is 14.1. The first kappa shape index (κ1) is 27.5. The molecule has 1 unspecified atom stereocenters. The van der Waals surface area contributed by atoms with E-state index in [1.54, 1.807) is 31.2 Å². The van der Waals surface area contributed by atoms with Gasteiger partial charge in [-0.1, -0.05) is 63.9 Å². The molecular formula is C33H22BrClN2O5. The minimum absolute atomic E-state index is 0.0282. The smallest absolute Gasteiger partial charge is 0.379 e. The Kier molecular flexibility index (Phi) is 7.38. The van der Waals surface area contributed by atoms with Gasteiger partial charge in [0.1, 0.15) is 41.1 Å². The molecule has 42 heavy (non-hydrogen) atoms. The molecule has 1 aromatic heterocycles. The Morgan fingerprint density at radius 3 is 2.69 bits per heavy atom. The fraction of sp³-hybridized carbons (Fsp3) is 0.0909. The van der Waals surface area contributed by atoms with Crippen LogP contribution in [0.5, 0.6) is 17.2 Å². The molecule has 0 saturated heterocycles. The molecule has 1 aliphatic rings. The van der Waals surface area contributed by atoms with Gasteiger partial charge in [-0.05, 0) is 55.0 Å². The van der Waals surface area contributed by atoms with Crippen LogP contribution in [0.15, 0.2) is 105 Å². The zero-order valence-corrected chi connectivity index (χ0v) is 24.5. The maximum Gasteiger partial charge on any atom is 0.379 e. The highest BCUT2D eigenvalue weighted by Gasteiger charge is 2.31. The quantitative estimate of drug-likeness (QED) is 0.147. The van der Waals surface area contributed by atoms with Crippen LogP contribution in [0, 0.1) is 18.3 Å². The van der Waals surface area contributed by atoms with Gasteiger partial charge >= 0.3 is 5.97 Å². The molecule has 5 aromatic rings. The van der Waals surface area contributed by atoms with Gasteiger partial charge in [-0.2, -0.15) is 5.26 Å². The summed E-state index contributed by atoms with van der Waals surface area (Å²) in [5, 5.41) is 11.4. The van der Waals surface area contributed by atoms with Crippen molar-refractivity contribution in [3.63, 3.8) is 0 Å². The second kappa shape index (κ2) is 11.3. The van der Waals surface area contributed by atoms with Crippen LogP contribution in [-0.2, 0) is 6.61 Å². The molecule has 0 amide bonds. The number of nitriles is 1. The van der Waals surface area contributed by atoms with Crippen LogP contribution in [0.2, 0.25) is 5.02 Å². The summed E-state index contributed by atoms with van der Waals surface area (Å²) in [5.74, 6) is 0.132. The Labute approximate surface area is 254 Å². The third kappa shape index (κ3) is 5.20. The molecule has 208 valence electrons. The Bertz CT molecular complexity index is 1940. The number of hydrogen-bond donors (Lipinski definition) is 1. The van der Waals surface area contributed by atoms with Crippen molar-refractivity contribution < 1.29 is 23.4 Å². The van der Waals surface area contributed by atoms with Crippen molar-refractivity contribution >= 4 is 44.5 Å². The van der Waals surface area contributed by atoms with Crippen molar-refractivity contribution in [2.75, 3.05) is 0 Å². The molecule has 6 rings (SSSR count). The molecule has 0 bridgehead atoms. The lowest BCUT2D eigenvalue weighted by molar-refractivity contribution is 0.0702. The number of carbonyl (C=O) groups is 1. The number of furan rings is 1. The average molecular weight is 642 g/mol. The number of carbonyl (C=O) groups excluding carboxylic acids is 1. The molecule has 0 spiro atoms. The van der Waals surface area contributed by atoms with E-state index >= 15 is 0 Å². The summed E-state index contributed by atoms with van der Waals surface area (Å²) in [6.45, 7) is 2.09. The van der Waals surface area contributed by atoms with E-state index in [1.165, 1.54) is 0 Å². The number of benzene rings is 4. The van der Waals surface area contributed by atoms with Crippen LogP contribution in [0.3, 0.4) is 0 Å². The molecule has 1 atom stereocenters. The number of halogens is 2. The van der Waals surface area contributed by atoms with E-state index < -0.39 is 11.9 Å². The number of aryl methyl sites for hydroxylation is 1. The lowest BCUT2D eigenvalue weighted by atomic mass is 9.83. The number of rotatable bonds is 6. The fourth-order valence-electron chi connectivity index (χ4n) is 4.94. The Hall–Kier alpha value is -4.71. The van der Waals surface area contributed by atoms with Crippen LogP contribution in [0.4, 0.5) is 0 Å². The molecule has 0 radical (unpaired) electrons. The number of nitrogens with two attached hydrogens (primary N) is 1. The van der Waals surface area contributed by atoms with E-state index in [4.69, 9.17) is 36.0 Å². The van der Waals surface area contributed by atoms with Crippen LogP contribution < -0.4 is 19.9 Å². The van der Waals surface area contributed by atoms with E-state index in [0.29, 0.717) is 33.2 Å². The van der Waals surface area contributed by atoms with Gasteiger partial charge < -0.3 is 24.4 Å². The minimum atomic E-state index is -0.642. The summed E-state index contributed by atoms with van der Waals surface area (Å²) in [5.41, 5.74) is 10.0. The standard InChI is InChI=1S/C33H22BrClN2O5/c1-18-25-14-21(34)9-12-28(25)41-31(18)33(38)40-23-10-11-24-29(15-23)42-32(37)26(16-36)30(24)19-6-4-7-22(13-19)39-17-20-5-2-3-8-27(20)35/h2-15,30H,17,37H2,1H3. The SMILES string of the molecule is Cc1c(C(=O)Oc2ccc3c(c2)OC(N)=C(C#N)C3c2cccc(OCc3ccccc3Cl)c2)oc2ccc(Br)cc12. The molecule has 2 N–H and O–H groups in total. The maximum atomic E-state index is 13.1. The number of ether oxygens (including phenoxy) is 3. The van der Waals surface area contributed by atoms with Crippen molar-refractivity contribution in [3.8, 4) is 23.3 Å². The van der Waals surface area contributed by atoms with Crippen molar-refractivity contribution in [1.29, 1.82) is 5.26 Å². The van der Waals surface area contributed by atoms with E-state index in [-0.39, 0.29) is 29.6 Å². The Balaban J connectivity index is 1.28. The number of nitrogens with zero attached hydrogens (tertiary/aromatic N) is 1. The van der Waals surface area contributed by atoms with Crippen molar-refractivity contribution in [2.45, 2.75) is 19.4 Å². The predicted octanol–water partition coefficient (Wildman–Crippen LogP) is 8.17. The highest BCUT2D eigenvalue weighted by atomic mass is 79.9. The van der Waals surface area contributed by atoms with Gasteiger partial charge in [0.2, 0.25) is 11.6 Å². The fourth-order valence-corrected chi connectivity index (χ4v) is 5.50. The highest BCUT2D eigenvalue weighted by Crippen LogP contribution is 2.44. The Morgan fingerprint density at radius 2 is 1.88 bits per heavy atom. The van der Waals surface area contributed by atoms with Crippen LogP contribution in [0.1, 0.15) is 38.7 Å². The zero-order chi connectivity index (χ0) is 29.4. The topological polar surface area (TPSA) is 108 Å². The number of hydrogen-bond acceptors (Lipinski definition) is 7. The first-order valence-electron chi connectivity index (χ1n) is 12.9. The first-order chi connectivity index (χ1) is 20.3. The summed E-state index contributed by atoms with van der Waals surface area (Å²) >= 11 is 9.72. The minimum Gasteiger partial charge on any atom is -0.489 e. The molecular weight excluding hydrogens is 620 g/mol. The van der Waals surface area contributed by atoms with Crippen molar-refractivity contribution in [3.05, 3.63) is 134 Å². The summed E-state index contributed by atoms with van der Waals surface area (Å²) in [6.07, 6.45) is 0. The zero-order valence-electron chi connectivity index (χ0n) is 22.2. The van der Waals surface area contributed by atoms with E-state index in [0.717, 1.165) is 21.0 Å². The van der Waals surface area contributed by atoms with Crippen molar-refractivity contribution in [1.82, 2.24) is 0 Å². The molecule has 1 aliphatic heterocycles. The van der Waals surface area contributed by atoms with Gasteiger partial charge in [0.25, 0.3) is 0 Å². The predicted molar refractivity (Wildman–Crippen MR) is 162 cm³/mol. The maximum absolute atomic E-state index is 13.1. The van der Waals surface area contributed by atoms with Gasteiger partial charge in [-0.25, -0.2) is 4.79 Å². The van der Waals surface area contributed by atoms with Crippen LogP contribution in [0.25, 0.3) is 11.0 Å². The summed E-state index contributed by atoms with van der Waals surface area (Å²) in [4.78, 5) is 13.1. The second-order valence-electron chi connectivity index (χ2n) is 9.66. The van der Waals surface area contributed by atoms with E-state index in [2.05, 4.69) is 22.0 Å². The van der Waals surface area contributed by atoms with Gasteiger partial charge in [0.05, 0.1) is 5.92 Å². The van der Waals surface area contributed by atoms with Gasteiger partial charge in [0.15, 0.2) is 0 Å². The van der Waals surface area contributed by atoms with Crippen LogP contribution >= 0.6 is 27.5 Å². The number of esters is 1. The molecule has 2 heterocycles. The second-order valence-corrected chi connectivity index (χ2v) is 11.0. The van der Waals surface area contributed by atoms with E-state index in [1.807, 2.05) is 60.7 Å². The van der Waals surface area contributed by atoms with Crippen molar-refractivity contribution in [2.24, 2.45) is 5.73 Å². The van der Waals surface area contributed by atoms with E-state index in [9.17, 15) is 10.1 Å². The van der Waals surface area contributed by atoms with Gasteiger partial charge in [-0.3, -0.25) is 0 Å². The summed E-state index contributed by atoms with van der Waals surface area (Å²) in [7, 11) is 0. The summed E-state index contributed by atoms with van der Waals surface area (Å²) < 4.78 is 24.1. The summed E-state index contributed by atoms with van der Waals surface area (Å²) in [6, 6.07) is 27.6. The van der Waals surface area contributed by atoms with Crippen LogP contribution in [-0.4, -0.2) is 5.97 Å². The number of allylic oxidation sites excluding steroid dienone is 1. The molecule has 9 heteroatoms. The number of fused-ring (bicyclic) bond motifs is 2. The third-order valence-corrected chi connectivity index (χ3v) is 7.89. The monoisotopic (exact) mass is 640 g/mol. The largest absolute Gasteiger partial charge is 0.489 e. The molecule has 4 aromatic carbocycles. The third-order valence-electron chi connectivity index (χ3n) is 7.03. The molecule has 0 aliphatic carbocycles. The highest BCUT2D eigenvalue weighted by molar-refractivity contribution is 9.10. The molecule has 0 saturated carbocycles. The average Bonchev–Trinajstić information content (AvgIpc) is 3.31. The molecule has 0 fully saturated rings.